The Labute approximate surface area is 121 Å². The molecule has 1 unspecified atom stereocenters. The summed E-state index contributed by atoms with van der Waals surface area (Å²) in [7, 11) is 0. The highest BCUT2D eigenvalue weighted by Gasteiger charge is 2.22. The molecule has 1 atom stereocenters. The van der Waals surface area contributed by atoms with Crippen LogP contribution in [0, 0.1) is 5.92 Å². The normalized spacial score (nSPS) is 18.6. The van der Waals surface area contributed by atoms with E-state index in [1.54, 1.807) is 6.92 Å². The van der Waals surface area contributed by atoms with E-state index in [-0.39, 0.29) is 6.61 Å². The molecule has 116 valence electrons. The Morgan fingerprint density at radius 1 is 1.40 bits per heavy atom. The number of carbonyl (C=O) groups excluding carboxylic acids is 2. The minimum atomic E-state index is -1.22. The van der Waals surface area contributed by atoms with Crippen LogP contribution in [0.2, 0.25) is 0 Å². The molecule has 0 radical (unpaired) electrons. The Kier molecular flexibility index (Phi) is 7.54. The van der Waals surface area contributed by atoms with Crippen molar-refractivity contribution in [3.8, 4) is 0 Å². The van der Waals surface area contributed by atoms with Crippen LogP contribution >= 0.6 is 0 Å². The predicted octanol–water partition coefficient (Wildman–Crippen LogP) is 0.115. The van der Waals surface area contributed by atoms with Crippen LogP contribution in [0.4, 0.5) is 0 Å². The van der Waals surface area contributed by atoms with Crippen molar-refractivity contribution in [1.29, 1.82) is 0 Å². The molecule has 1 fully saturated rings. The fourth-order valence-electron chi connectivity index (χ4n) is 2.25. The van der Waals surface area contributed by atoms with E-state index < -0.39 is 17.9 Å². The van der Waals surface area contributed by atoms with Gasteiger partial charge in [0.2, 0.25) is 5.91 Å². The summed E-state index contributed by atoms with van der Waals surface area (Å²) in [5.74, 6) is -0.306. The molecule has 0 aromatic carbocycles. The second-order valence-electron chi connectivity index (χ2n) is 5.40. The van der Waals surface area contributed by atoms with E-state index in [9.17, 15) is 9.59 Å². The Morgan fingerprint density at radius 3 is 2.65 bits per heavy atom. The minimum absolute atomic E-state index is 0.229. The summed E-state index contributed by atoms with van der Waals surface area (Å²) in [5, 5.41) is 2.68. The molecule has 1 heterocycles. The number of esters is 1. The van der Waals surface area contributed by atoms with Crippen LogP contribution in [0.5, 0.6) is 0 Å². The second kappa shape index (κ2) is 8.92. The van der Waals surface area contributed by atoms with Crippen molar-refractivity contribution in [1.82, 2.24) is 10.2 Å². The summed E-state index contributed by atoms with van der Waals surface area (Å²) in [5.41, 5.74) is 5.49. The van der Waals surface area contributed by atoms with Crippen LogP contribution in [0.1, 0.15) is 33.1 Å². The summed E-state index contributed by atoms with van der Waals surface area (Å²) in [4.78, 5) is 25.3. The van der Waals surface area contributed by atoms with Crippen LogP contribution in [-0.2, 0) is 14.3 Å². The lowest BCUT2D eigenvalue weighted by atomic mass is 9.99. The standard InChI is InChI=1S/C14H27N3O3/c1-3-20-14(19)12(15)13(18)16-7-4-8-17-9-5-11(2)6-10-17/h11-12H,3-10,15H2,1-2H3,(H,16,18). The summed E-state index contributed by atoms with van der Waals surface area (Å²) < 4.78 is 4.70. The molecule has 1 saturated heterocycles. The highest BCUT2D eigenvalue weighted by atomic mass is 16.5. The number of hydrogen-bond donors (Lipinski definition) is 2. The van der Waals surface area contributed by atoms with E-state index in [0.717, 1.165) is 32.0 Å². The fraction of sp³-hybridized carbons (Fsp3) is 0.857. The minimum Gasteiger partial charge on any atom is -0.464 e. The van der Waals surface area contributed by atoms with E-state index in [4.69, 9.17) is 10.5 Å². The molecular weight excluding hydrogens is 258 g/mol. The Bertz CT molecular complexity index is 315. The van der Waals surface area contributed by atoms with Gasteiger partial charge < -0.3 is 20.7 Å². The van der Waals surface area contributed by atoms with Gasteiger partial charge in [0.1, 0.15) is 0 Å². The van der Waals surface area contributed by atoms with Gasteiger partial charge in [-0.3, -0.25) is 4.79 Å². The molecule has 0 saturated carbocycles. The van der Waals surface area contributed by atoms with Gasteiger partial charge >= 0.3 is 5.97 Å². The topological polar surface area (TPSA) is 84.7 Å². The third kappa shape index (κ3) is 5.88. The summed E-state index contributed by atoms with van der Waals surface area (Å²) in [6, 6.07) is -1.22. The van der Waals surface area contributed by atoms with E-state index >= 15 is 0 Å². The smallest absolute Gasteiger partial charge is 0.332 e. The van der Waals surface area contributed by atoms with E-state index in [0.29, 0.717) is 6.54 Å². The Morgan fingerprint density at radius 2 is 2.05 bits per heavy atom. The van der Waals surface area contributed by atoms with E-state index in [2.05, 4.69) is 17.1 Å². The molecule has 0 bridgehead atoms. The molecule has 0 aliphatic carbocycles. The molecule has 6 nitrogen and oxygen atoms in total. The zero-order valence-electron chi connectivity index (χ0n) is 12.6. The lowest BCUT2D eigenvalue weighted by Gasteiger charge is -2.30. The first-order chi connectivity index (χ1) is 9.54. The van der Waals surface area contributed by atoms with Crippen molar-refractivity contribution in [3.63, 3.8) is 0 Å². The number of amides is 1. The Hall–Kier alpha value is -1.14. The number of likely N-dealkylation sites (tertiary alicyclic amines) is 1. The number of nitrogens with two attached hydrogens (primary N) is 1. The molecule has 1 rings (SSSR count). The highest BCUT2D eigenvalue weighted by molar-refractivity contribution is 6.01. The van der Waals surface area contributed by atoms with Crippen LogP contribution in [0.3, 0.4) is 0 Å². The largest absolute Gasteiger partial charge is 0.464 e. The number of nitrogens with one attached hydrogen (secondary N) is 1. The van der Waals surface area contributed by atoms with Crippen LogP contribution in [-0.4, -0.2) is 55.6 Å². The van der Waals surface area contributed by atoms with Gasteiger partial charge in [-0.05, 0) is 51.7 Å². The van der Waals surface area contributed by atoms with Gasteiger partial charge in [-0.25, -0.2) is 4.79 Å². The molecule has 1 amide bonds. The van der Waals surface area contributed by atoms with Crippen molar-refractivity contribution in [2.45, 2.75) is 39.2 Å². The third-order valence-electron chi connectivity index (χ3n) is 3.65. The summed E-state index contributed by atoms with van der Waals surface area (Å²) >= 11 is 0. The van der Waals surface area contributed by atoms with E-state index in [1.165, 1.54) is 12.8 Å². The third-order valence-corrected chi connectivity index (χ3v) is 3.65. The summed E-state index contributed by atoms with van der Waals surface area (Å²) in [6.07, 6.45) is 3.37. The zero-order valence-corrected chi connectivity index (χ0v) is 12.6. The SMILES string of the molecule is CCOC(=O)C(N)C(=O)NCCCN1CCC(C)CC1. The van der Waals surface area contributed by atoms with Crippen molar-refractivity contribution in [3.05, 3.63) is 0 Å². The molecule has 3 N–H and O–H groups in total. The lowest BCUT2D eigenvalue weighted by molar-refractivity contribution is -0.147. The van der Waals surface area contributed by atoms with Gasteiger partial charge in [0.25, 0.3) is 0 Å². The first-order valence-corrected chi connectivity index (χ1v) is 7.46. The molecular formula is C14H27N3O3. The number of ether oxygens (including phenoxy) is 1. The monoisotopic (exact) mass is 285 g/mol. The maximum absolute atomic E-state index is 11.6. The first-order valence-electron chi connectivity index (χ1n) is 7.46. The lowest BCUT2D eigenvalue weighted by Crippen LogP contribution is -2.47. The van der Waals surface area contributed by atoms with Crippen molar-refractivity contribution < 1.29 is 14.3 Å². The number of piperidine rings is 1. The van der Waals surface area contributed by atoms with Gasteiger partial charge in [0, 0.05) is 6.54 Å². The molecule has 1 aliphatic rings. The van der Waals surface area contributed by atoms with Gasteiger partial charge in [-0.2, -0.15) is 0 Å². The van der Waals surface area contributed by atoms with Crippen molar-refractivity contribution in [2.24, 2.45) is 11.7 Å². The van der Waals surface area contributed by atoms with Gasteiger partial charge in [0.05, 0.1) is 6.61 Å². The first kappa shape index (κ1) is 16.9. The highest BCUT2D eigenvalue weighted by Crippen LogP contribution is 2.15. The van der Waals surface area contributed by atoms with Crippen molar-refractivity contribution in [2.75, 3.05) is 32.8 Å². The maximum atomic E-state index is 11.6. The maximum Gasteiger partial charge on any atom is 0.332 e. The Balaban J connectivity index is 2.11. The molecule has 6 heteroatoms. The van der Waals surface area contributed by atoms with Gasteiger partial charge in [-0.15, -0.1) is 0 Å². The molecule has 0 spiro atoms. The molecule has 20 heavy (non-hydrogen) atoms. The molecule has 1 aliphatic heterocycles. The number of hydrogen-bond acceptors (Lipinski definition) is 5. The zero-order chi connectivity index (χ0) is 15.0. The quantitative estimate of drug-likeness (QED) is 0.394. The van der Waals surface area contributed by atoms with E-state index in [1.807, 2.05) is 0 Å². The average Bonchev–Trinajstić information content (AvgIpc) is 2.44. The number of carbonyl (C=O) groups is 2. The number of rotatable bonds is 7. The van der Waals surface area contributed by atoms with Crippen LogP contribution < -0.4 is 11.1 Å². The fourth-order valence-corrected chi connectivity index (χ4v) is 2.25. The summed E-state index contributed by atoms with van der Waals surface area (Å²) in [6.45, 7) is 7.98. The van der Waals surface area contributed by atoms with Crippen molar-refractivity contribution >= 4 is 11.9 Å². The average molecular weight is 285 g/mol. The second-order valence-corrected chi connectivity index (χ2v) is 5.40. The van der Waals surface area contributed by atoms with Gasteiger partial charge in [-0.1, -0.05) is 6.92 Å². The van der Waals surface area contributed by atoms with Crippen LogP contribution in [0.15, 0.2) is 0 Å². The van der Waals surface area contributed by atoms with Crippen LogP contribution in [0.25, 0.3) is 0 Å². The predicted molar refractivity (Wildman–Crippen MR) is 77.1 cm³/mol. The molecule has 0 aromatic heterocycles. The molecule has 0 aromatic rings. The number of nitrogens with zero attached hydrogens (tertiary/aromatic N) is 1. The van der Waals surface area contributed by atoms with Gasteiger partial charge in [0.15, 0.2) is 6.04 Å².